The Labute approximate surface area is 188 Å². The molecule has 1 saturated heterocycles. The second-order valence-corrected chi connectivity index (χ2v) is 10.5. The highest BCUT2D eigenvalue weighted by Crippen LogP contribution is 2.48. The van der Waals surface area contributed by atoms with Gasteiger partial charge >= 0.3 is 0 Å². The van der Waals surface area contributed by atoms with Crippen LogP contribution in [0, 0.1) is 5.41 Å². The molecule has 0 unspecified atom stereocenters. The van der Waals surface area contributed by atoms with Gasteiger partial charge in [-0.15, -0.1) is 0 Å². The molecule has 1 aliphatic heterocycles. The van der Waals surface area contributed by atoms with E-state index in [0.717, 1.165) is 13.1 Å². The van der Waals surface area contributed by atoms with Gasteiger partial charge in [-0.25, -0.2) is 0 Å². The summed E-state index contributed by atoms with van der Waals surface area (Å²) < 4.78 is 0. The molecule has 0 radical (unpaired) electrons. The Kier molecular flexibility index (Phi) is 6.08. The summed E-state index contributed by atoms with van der Waals surface area (Å²) in [5, 5.41) is 3.55. The standard InChI is InChI=1S/C30H37N/c1-22(2)23-9-11-24(12-10-23)26-7-6-8-27(21-26)25-13-15-28(16-14-25)30(29(3,4)5)17-19-31-20-18-30/h6-16,21-22,31H,17-20H2,1-5H3. The Morgan fingerprint density at radius 1 is 0.710 bits per heavy atom. The molecule has 1 fully saturated rings. The van der Waals surface area contributed by atoms with Crippen LogP contribution in [0.4, 0.5) is 0 Å². The maximum absolute atomic E-state index is 3.55. The number of benzene rings is 3. The van der Waals surface area contributed by atoms with Gasteiger partial charge in [0, 0.05) is 5.41 Å². The van der Waals surface area contributed by atoms with Crippen molar-refractivity contribution in [1.29, 1.82) is 0 Å². The average Bonchev–Trinajstić information content (AvgIpc) is 2.79. The minimum atomic E-state index is 0.247. The molecule has 0 saturated carbocycles. The average molecular weight is 412 g/mol. The Morgan fingerprint density at radius 3 is 1.71 bits per heavy atom. The minimum Gasteiger partial charge on any atom is -0.317 e. The van der Waals surface area contributed by atoms with E-state index in [1.807, 2.05) is 0 Å². The topological polar surface area (TPSA) is 12.0 Å². The van der Waals surface area contributed by atoms with Crippen LogP contribution >= 0.6 is 0 Å². The highest BCUT2D eigenvalue weighted by atomic mass is 14.9. The van der Waals surface area contributed by atoms with Crippen LogP contribution in [-0.2, 0) is 5.41 Å². The molecule has 1 N–H and O–H groups in total. The van der Waals surface area contributed by atoms with Gasteiger partial charge in [-0.05, 0) is 76.7 Å². The predicted molar refractivity (Wildman–Crippen MR) is 135 cm³/mol. The molecule has 1 heteroatoms. The minimum absolute atomic E-state index is 0.247. The van der Waals surface area contributed by atoms with Crippen LogP contribution in [0.1, 0.15) is 64.5 Å². The van der Waals surface area contributed by atoms with Crippen molar-refractivity contribution >= 4 is 0 Å². The molecule has 0 spiro atoms. The normalized spacial score (nSPS) is 16.5. The molecular formula is C30H37N. The number of piperidine rings is 1. The zero-order chi connectivity index (χ0) is 22.1. The lowest BCUT2D eigenvalue weighted by Crippen LogP contribution is -2.48. The molecule has 0 atom stereocenters. The van der Waals surface area contributed by atoms with Gasteiger partial charge in [-0.2, -0.15) is 0 Å². The lowest BCUT2D eigenvalue weighted by atomic mass is 9.58. The van der Waals surface area contributed by atoms with E-state index in [1.165, 1.54) is 46.2 Å². The summed E-state index contributed by atoms with van der Waals surface area (Å²) in [4.78, 5) is 0. The number of rotatable bonds is 4. The van der Waals surface area contributed by atoms with E-state index in [9.17, 15) is 0 Å². The van der Waals surface area contributed by atoms with Crippen LogP contribution in [-0.4, -0.2) is 13.1 Å². The van der Waals surface area contributed by atoms with Crippen molar-refractivity contribution in [2.45, 2.75) is 58.8 Å². The van der Waals surface area contributed by atoms with Gasteiger partial charge in [0.25, 0.3) is 0 Å². The summed E-state index contributed by atoms with van der Waals surface area (Å²) in [5.41, 5.74) is 8.52. The highest BCUT2D eigenvalue weighted by Gasteiger charge is 2.43. The highest BCUT2D eigenvalue weighted by molar-refractivity contribution is 5.73. The van der Waals surface area contributed by atoms with E-state index < -0.39 is 0 Å². The molecule has 0 aliphatic carbocycles. The van der Waals surface area contributed by atoms with Crippen molar-refractivity contribution < 1.29 is 0 Å². The molecular weight excluding hydrogens is 374 g/mol. The fraction of sp³-hybridized carbons (Fsp3) is 0.400. The second kappa shape index (κ2) is 8.63. The van der Waals surface area contributed by atoms with Gasteiger partial charge in [0.1, 0.15) is 0 Å². The zero-order valence-corrected chi connectivity index (χ0v) is 19.8. The largest absolute Gasteiger partial charge is 0.317 e. The third kappa shape index (κ3) is 4.34. The molecule has 3 aromatic carbocycles. The maximum Gasteiger partial charge on any atom is 0.00256 e. The Bertz CT molecular complexity index is 998. The van der Waals surface area contributed by atoms with Crippen LogP contribution in [0.25, 0.3) is 22.3 Å². The molecule has 3 aromatic rings. The van der Waals surface area contributed by atoms with Gasteiger partial charge < -0.3 is 5.32 Å². The lowest BCUT2D eigenvalue weighted by molar-refractivity contribution is 0.134. The van der Waals surface area contributed by atoms with Crippen molar-refractivity contribution in [3.8, 4) is 22.3 Å². The number of hydrogen-bond acceptors (Lipinski definition) is 1. The van der Waals surface area contributed by atoms with E-state index in [-0.39, 0.29) is 10.8 Å². The van der Waals surface area contributed by atoms with Crippen LogP contribution in [0.2, 0.25) is 0 Å². The van der Waals surface area contributed by atoms with E-state index in [1.54, 1.807) is 0 Å². The van der Waals surface area contributed by atoms with Crippen molar-refractivity contribution in [2.75, 3.05) is 13.1 Å². The summed E-state index contributed by atoms with van der Waals surface area (Å²) in [6.45, 7) is 13.9. The van der Waals surface area contributed by atoms with E-state index >= 15 is 0 Å². The zero-order valence-electron chi connectivity index (χ0n) is 19.8. The molecule has 4 rings (SSSR count). The molecule has 1 aliphatic rings. The van der Waals surface area contributed by atoms with Crippen LogP contribution in [0.15, 0.2) is 72.8 Å². The lowest BCUT2D eigenvalue weighted by Gasteiger charge is -2.48. The summed E-state index contributed by atoms with van der Waals surface area (Å²) in [7, 11) is 0. The first-order valence-corrected chi connectivity index (χ1v) is 11.8. The van der Waals surface area contributed by atoms with Crippen molar-refractivity contribution in [3.63, 3.8) is 0 Å². The van der Waals surface area contributed by atoms with Crippen molar-refractivity contribution in [2.24, 2.45) is 5.41 Å². The first-order valence-electron chi connectivity index (χ1n) is 11.8. The summed E-state index contributed by atoms with van der Waals surface area (Å²) in [6, 6.07) is 27.4. The van der Waals surface area contributed by atoms with E-state index in [2.05, 4.69) is 113 Å². The number of nitrogens with one attached hydrogen (secondary N) is 1. The first kappa shape index (κ1) is 21.8. The summed E-state index contributed by atoms with van der Waals surface area (Å²) >= 11 is 0. The molecule has 0 amide bonds. The Morgan fingerprint density at radius 2 is 1.23 bits per heavy atom. The summed E-state index contributed by atoms with van der Waals surface area (Å²) in [6.07, 6.45) is 2.41. The Balaban J connectivity index is 1.63. The number of hydrogen-bond donors (Lipinski definition) is 1. The predicted octanol–water partition coefficient (Wildman–Crippen LogP) is 7.81. The van der Waals surface area contributed by atoms with Crippen LogP contribution in [0.3, 0.4) is 0 Å². The SMILES string of the molecule is CC(C)c1ccc(-c2cccc(-c3ccc(C4(C(C)(C)C)CCNCC4)cc3)c2)cc1. The molecule has 0 bridgehead atoms. The van der Waals surface area contributed by atoms with Crippen LogP contribution < -0.4 is 5.32 Å². The van der Waals surface area contributed by atoms with Gasteiger partial charge in [0.2, 0.25) is 0 Å². The van der Waals surface area contributed by atoms with E-state index in [0.29, 0.717) is 5.92 Å². The molecule has 1 nitrogen and oxygen atoms in total. The molecule has 1 heterocycles. The first-order chi connectivity index (χ1) is 14.8. The molecule has 31 heavy (non-hydrogen) atoms. The van der Waals surface area contributed by atoms with Crippen LogP contribution in [0.5, 0.6) is 0 Å². The fourth-order valence-electron chi connectivity index (χ4n) is 5.25. The molecule has 162 valence electrons. The van der Waals surface area contributed by atoms with E-state index in [4.69, 9.17) is 0 Å². The van der Waals surface area contributed by atoms with Crippen molar-refractivity contribution in [3.05, 3.63) is 83.9 Å². The monoisotopic (exact) mass is 411 g/mol. The fourth-order valence-corrected chi connectivity index (χ4v) is 5.25. The van der Waals surface area contributed by atoms with Gasteiger partial charge in [0.05, 0.1) is 0 Å². The summed E-state index contributed by atoms with van der Waals surface area (Å²) in [5.74, 6) is 0.565. The third-order valence-electron chi connectivity index (χ3n) is 7.44. The maximum atomic E-state index is 3.55. The second-order valence-electron chi connectivity index (χ2n) is 10.5. The smallest absolute Gasteiger partial charge is 0.00256 e. The van der Waals surface area contributed by atoms with Gasteiger partial charge in [-0.3, -0.25) is 0 Å². The quantitative estimate of drug-likeness (QED) is 0.461. The van der Waals surface area contributed by atoms with Crippen molar-refractivity contribution in [1.82, 2.24) is 5.32 Å². The third-order valence-corrected chi connectivity index (χ3v) is 7.44. The van der Waals surface area contributed by atoms with Gasteiger partial charge in [0.15, 0.2) is 0 Å². The Hall–Kier alpha value is -2.38. The molecule has 0 aromatic heterocycles. The van der Waals surface area contributed by atoms with Gasteiger partial charge in [-0.1, -0.05) is 101 Å².